The third kappa shape index (κ3) is 4.01. The first-order valence-electron chi connectivity index (χ1n) is 7.40. The van der Waals surface area contributed by atoms with Gasteiger partial charge in [0.15, 0.2) is 0 Å². The molecule has 3 aromatic rings. The lowest BCUT2D eigenvalue weighted by Gasteiger charge is -2.10. The Hall–Kier alpha value is -2.90. The second-order valence-corrected chi connectivity index (χ2v) is 6.14. The van der Waals surface area contributed by atoms with Gasteiger partial charge >= 0.3 is 11.6 Å². The maximum Gasteiger partial charge on any atom is 0.373 e. The highest BCUT2D eigenvalue weighted by molar-refractivity contribution is 6.35. The van der Waals surface area contributed by atoms with Gasteiger partial charge in [-0.3, -0.25) is 10.1 Å². The SMILES string of the molecule is Cc1ccc(Oc2ncnc(Nc3cc(Cl)ccc3Cl)c2[N+](=O)[O-])cc1. The summed E-state index contributed by atoms with van der Waals surface area (Å²) in [6.07, 6.45) is 1.16. The molecule has 1 heterocycles. The molecule has 0 saturated heterocycles. The molecule has 0 unspecified atom stereocenters. The minimum absolute atomic E-state index is 0.0590. The molecule has 0 atom stereocenters. The molecule has 0 amide bonds. The van der Waals surface area contributed by atoms with Gasteiger partial charge in [0, 0.05) is 5.02 Å². The second-order valence-electron chi connectivity index (χ2n) is 5.30. The highest BCUT2D eigenvalue weighted by Crippen LogP contribution is 2.37. The van der Waals surface area contributed by atoms with E-state index in [-0.39, 0.29) is 11.7 Å². The number of rotatable bonds is 5. The number of anilines is 2. The van der Waals surface area contributed by atoms with E-state index in [1.54, 1.807) is 24.3 Å². The summed E-state index contributed by atoms with van der Waals surface area (Å²) in [5, 5.41) is 15.1. The summed E-state index contributed by atoms with van der Waals surface area (Å²) < 4.78 is 5.57. The lowest BCUT2D eigenvalue weighted by molar-refractivity contribution is -0.385. The molecule has 132 valence electrons. The van der Waals surface area contributed by atoms with Gasteiger partial charge in [0.25, 0.3) is 0 Å². The topological polar surface area (TPSA) is 90.2 Å². The molecule has 1 aromatic heterocycles. The Labute approximate surface area is 158 Å². The predicted molar refractivity (Wildman–Crippen MR) is 99.7 cm³/mol. The Balaban J connectivity index is 1.99. The fourth-order valence-corrected chi connectivity index (χ4v) is 2.47. The number of hydrogen-bond acceptors (Lipinski definition) is 6. The average molecular weight is 391 g/mol. The standard InChI is InChI=1S/C17H12Cl2N4O3/c1-10-2-5-12(6-3-10)26-17-15(23(24)25)16(20-9-21-17)22-14-8-11(18)4-7-13(14)19/h2-9H,1H3,(H,20,21,22). The fraction of sp³-hybridized carbons (Fsp3) is 0.0588. The van der Waals surface area contributed by atoms with E-state index in [4.69, 9.17) is 27.9 Å². The number of halogens is 2. The van der Waals surface area contributed by atoms with E-state index in [2.05, 4.69) is 15.3 Å². The lowest BCUT2D eigenvalue weighted by atomic mass is 10.2. The van der Waals surface area contributed by atoms with Crippen LogP contribution in [0.3, 0.4) is 0 Å². The zero-order chi connectivity index (χ0) is 18.7. The number of hydrogen-bond donors (Lipinski definition) is 1. The second kappa shape index (κ2) is 7.55. The van der Waals surface area contributed by atoms with Crippen LogP contribution < -0.4 is 10.1 Å². The molecule has 0 spiro atoms. The highest BCUT2D eigenvalue weighted by Gasteiger charge is 2.25. The molecule has 0 aliphatic heterocycles. The number of ether oxygens (including phenoxy) is 1. The van der Waals surface area contributed by atoms with E-state index in [1.807, 2.05) is 19.1 Å². The van der Waals surface area contributed by atoms with Gasteiger partial charge in [0.1, 0.15) is 12.1 Å². The summed E-state index contributed by atoms with van der Waals surface area (Å²) in [5.41, 5.74) is 0.999. The first-order chi connectivity index (χ1) is 12.4. The Morgan fingerprint density at radius 3 is 2.54 bits per heavy atom. The Bertz CT molecular complexity index is 965. The van der Waals surface area contributed by atoms with Crippen molar-refractivity contribution < 1.29 is 9.66 Å². The number of nitrogens with zero attached hydrogens (tertiary/aromatic N) is 3. The Morgan fingerprint density at radius 2 is 1.85 bits per heavy atom. The van der Waals surface area contributed by atoms with Crippen LogP contribution in [0.2, 0.25) is 10.0 Å². The third-order valence-electron chi connectivity index (χ3n) is 3.39. The van der Waals surface area contributed by atoms with Gasteiger partial charge in [-0.1, -0.05) is 40.9 Å². The maximum absolute atomic E-state index is 11.6. The van der Waals surface area contributed by atoms with Crippen molar-refractivity contribution >= 4 is 40.4 Å². The summed E-state index contributed by atoms with van der Waals surface area (Å²) in [5.74, 6) is 0.176. The van der Waals surface area contributed by atoms with E-state index in [0.717, 1.165) is 11.9 Å². The van der Waals surface area contributed by atoms with E-state index >= 15 is 0 Å². The van der Waals surface area contributed by atoms with Gasteiger partial charge in [0.05, 0.1) is 15.6 Å². The number of nitro groups is 1. The summed E-state index contributed by atoms with van der Waals surface area (Å²) in [4.78, 5) is 18.8. The van der Waals surface area contributed by atoms with Gasteiger partial charge < -0.3 is 10.1 Å². The number of benzene rings is 2. The minimum Gasteiger partial charge on any atom is -0.434 e. The van der Waals surface area contributed by atoms with Gasteiger partial charge in [-0.15, -0.1) is 0 Å². The maximum atomic E-state index is 11.6. The summed E-state index contributed by atoms with van der Waals surface area (Å²) in [6.45, 7) is 1.92. The molecule has 7 nitrogen and oxygen atoms in total. The predicted octanol–water partition coefficient (Wildman–Crippen LogP) is 5.54. The molecule has 9 heteroatoms. The molecular formula is C17H12Cl2N4O3. The largest absolute Gasteiger partial charge is 0.434 e. The molecule has 1 N–H and O–H groups in total. The highest BCUT2D eigenvalue weighted by atomic mass is 35.5. The smallest absolute Gasteiger partial charge is 0.373 e. The van der Waals surface area contributed by atoms with Gasteiger partial charge in [0.2, 0.25) is 5.82 Å². The average Bonchev–Trinajstić information content (AvgIpc) is 2.60. The van der Waals surface area contributed by atoms with Crippen LogP contribution in [0.1, 0.15) is 5.56 Å². The van der Waals surface area contributed by atoms with E-state index in [1.165, 1.54) is 6.07 Å². The van der Waals surface area contributed by atoms with Crippen LogP contribution in [0.5, 0.6) is 11.6 Å². The van der Waals surface area contributed by atoms with Crippen LogP contribution in [-0.2, 0) is 0 Å². The van der Waals surface area contributed by atoms with Crippen molar-refractivity contribution in [2.75, 3.05) is 5.32 Å². The van der Waals surface area contributed by atoms with E-state index < -0.39 is 10.6 Å². The molecule has 3 rings (SSSR count). The Morgan fingerprint density at radius 1 is 1.12 bits per heavy atom. The van der Waals surface area contributed by atoms with E-state index in [9.17, 15) is 10.1 Å². The van der Waals surface area contributed by atoms with Crippen molar-refractivity contribution in [3.63, 3.8) is 0 Å². The van der Waals surface area contributed by atoms with Crippen LogP contribution in [-0.4, -0.2) is 14.9 Å². The molecule has 26 heavy (non-hydrogen) atoms. The van der Waals surface area contributed by atoms with Crippen molar-refractivity contribution in [1.29, 1.82) is 0 Å². The molecule has 0 aliphatic carbocycles. The zero-order valence-corrected chi connectivity index (χ0v) is 15.0. The van der Waals surface area contributed by atoms with Crippen LogP contribution in [0, 0.1) is 17.0 Å². The third-order valence-corrected chi connectivity index (χ3v) is 3.95. The lowest BCUT2D eigenvalue weighted by Crippen LogP contribution is -2.04. The molecule has 0 bridgehead atoms. The van der Waals surface area contributed by atoms with Crippen molar-refractivity contribution in [2.24, 2.45) is 0 Å². The number of aryl methyl sites for hydroxylation is 1. The number of aromatic nitrogens is 2. The van der Waals surface area contributed by atoms with Gasteiger partial charge in [-0.25, -0.2) is 4.98 Å². The van der Waals surface area contributed by atoms with Crippen LogP contribution >= 0.6 is 23.2 Å². The van der Waals surface area contributed by atoms with Crippen LogP contribution in [0.25, 0.3) is 0 Å². The van der Waals surface area contributed by atoms with Gasteiger partial charge in [-0.2, -0.15) is 4.98 Å². The summed E-state index contributed by atoms with van der Waals surface area (Å²) in [7, 11) is 0. The molecule has 0 saturated carbocycles. The van der Waals surface area contributed by atoms with Crippen molar-refractivity contribution in [3.05, 3.63) is 74.5 Å². The molecule has 0 fully saturated rings. The monoisotopic (exact) mass is 390 g/mol. The van der Waals surface area contributed by atoms with E-state index in [0.29, 0.717) is 21.5 Å². The molecular weight excluding hydrogens is 379 g/mol. The summed E-state index contributed by atoms with van der Waals surface area (Å²) in [6, 6.07) is 11.8. The minimum atomic E-state index is -0.621. The molecule has 0 radical (unpaired) electrons. The van der Waals surface area contributed by atoms with Crippen LogP contribution in [0.15, 0.2) is 48.8 Å². The first kappa shape index (κ1) is 17.9. The Kier molecular flexibility index (Phi) is 5.20. The van der Waals surface area contributed by atoms with Gasteiger partial charge in [-0.05, 0) is 37.3 Å². The quantitative estimate of drug-likeness (QED) is 0.454. The molecule has 0 aliphatic rings. The van der Waals surface area contributed by atoms with Crippen molar-refractivity contribution in [1.82, 2.24) is 9.97 Å². The normalized spacial score (nSPS) is 10.4. The summed E-state index contributed by atoms with van der Waals surface area (Å²) >= 11 is 12.0. The number of nitrogens with one attached hydrogen (secondary N) is 1. The zero-order valence-electron chi connectivity index (χ0n) is 13.4. The fourth-order valence-electron chi connectivity index (χ4n) is 2.13. The van der Waals surface area contributed by atoms with Crippen LogP contribution in [0.4, 0.5) is 17.2 Å². The van der Waals surface area contributed by atoms with Crippen molar-refractivity contribution in [3.8, 4) is 11.6 Å². The molecule has 2 aromatic carbocycles. The van der Waals surface area contributed by atoms with Crippen molar-refractivity contribution in [2.45, 2.75) is 6.92 Å². The first-order valence-corrected chi connectivity index (χ1v) is 8.15.